The van der Waals surface area contributed by atoms with Gasteiger partial charge in [0.25, 0.3) is 5.91 Å². The Labute approximate surface area is 176 Å². The number of hydrogen-bond acceptors (Lipinski definition) is 6. The molecule has 9 heteroatoms. The number of carbonyl (C=O) groups is 1. The molecule has 3 rings (SSSR count). The molecule has 1 aliphatic heterocycles. The van der Waals surface area contributed by atoms with Crippen LogP contribution in [0.4, 0.5) is 0 Å². The highest BCUT2D eigenvalue weighted by molar-refractivity contribution is 7.89. The molecule has 1 heterocycles. The highest BCUT2D eigenvalue weighted by Gasteiger charge is 2.27. The van der Waals surface area contributed by atoms with Gasteiger partial charge in [0, 0.05) is 24.2 Å². The van der Waals surface area contributed by atoms with Crippen molar-refractivity contribution in [3.8, 4) is 11.5 Å². The number of methoxy groups -OCH3 is 2. The van der Waals surface area contributed by atoms with Gasteiger partial charge in [-0.05, 0) is 56.2 Å². The van der Waals surface area contributed by atoms with Crippen LogP contribution in [0, 0.1) is 0 Å². The summed E-state index contributed by atoms with van der Waals surface area (Å²) in [6, 6.07) is 11.3. The van der Waals surface area contributed by atoms with E-state index in [2.05, 4.69) is 10.5 Å². The van der Waals surface area contributed by atoms with Gasteiger partial charge in [0.15, 0.2) is 11.5 Å². The number of ether oxygens (including phenoxy) is 2. The summed E-state index contributed by atoms with van der Waals surface area (Å²) in [6.45, 7) is 2.76. The smallest absolute Gasteiger partial charge is 0.271 e. The topological polar surface area (TPSA) is 97.3 Å². The molecule has 1 amide bonds. The highest BCUT2D eigenvalue weighted by atomic mass is 32.2. The molecule has 0 atom stereocenters. The van der Waals surface area contributed by atoms with Crippen LogP contribution in [-0.4, -0.2) is 51.7 Å². The number of hydrazone groups is 1. The second-order valence-corrected chi connectivity index (χ2v) is 8.78. The summed E-state index contributed by atoms with van der Waals surface area (Å²) in [6.07, 6.45) is 1.70. The number of rotatable bonds is 7. The largest absolute Gasteiger partial charge is 0.493 e. The van der Waals surface area contributed by atoms with E-state index < -0.39 is 15.9 Å². The van der Waals surface area contributed by atoms with Gasteiger partial charge in [-0.3, -0.25) is 4.79 Å². The third-order valence-electron chi connectivity index (χ3n) is 4.93. The SMILES string of the molecule is COc1ccc(/C(C)=N/NC(=O)c2cccc(S(=O)(=O)N3CCCC3)c2)cc1OC. The number of carbonyl (C=O) groups excluding carboxylic acids is 1. The number of benzene rings is 2. The van der Waals surface area contributed by atoms with E-state index in [1.807, 2.05) is 0 Å². The fraction of sp³-hybridized carbons (Fsp3) is 0.333. The molecule has 2 aromatic rings. The van der Waals surface area contributed by atoms with Crippen LogP contribution in [0.1, 0.15) is 35.7 Å². The first-order valence-corrected chi connectivity index (χ1v) is 11.0. The molecular weight excluding hydrogens is 406 g/mol. The van der Waals surface area contributed by atoms with Gasteiger partial charge in [-0.1, -0.05) is 6.07 Å². The van der Waals surface area contributed by atoms with Crippen LogP contribution in [0.25, 0.3) is 0 Å². The minimum absolute atomic E-state index is 0.109. The molecule has 1 fully saturated rings. The van der Waals surface area contributed by atoms with Crippen LogP contribution in [0.15, 0.2) is 52.5 Å². The Morgan fingerprint density at radius 3 is 2.37 bits per heavy atom. The molecule has 1 N–H and O–H groups in total. The van der Waals surface area contributed by atoms with E-state index in [1.54, 1.807) is 51.5 Å². The second-order valence-electron chi connectivity index (χ2n) is 6.85. The van der Waals surface area contributed by atoms with Crippen LogP contribution >= 0.6 is 0 Å². The number of amides is 1. The van der Waals surface area contributed by atoms with E-state index in [0.717, 1.165) is 18.4 Å². The molecule has 0 bridgehead atoms. The molecule has 1 aliphatic rings. The van der Waals surface area contributed by atoms with Gasteiger partial charge < -0.3 is 9.47 Å². The molecule has 0 unspecified atom stereocenters. The van der Waals surface area contributed by atoms with Gasteiger partial charge in [-0.2, -0.15) is 9.41 Å². The third-order valence-corrected chi connectivity index (χ3v) is 6.82. The van der Waals surface area contributed by atoms with Crippen LogP contribution in [0.3, 0.4) is 0 Å². The van der Waals surface area contributed by atoms with Gasteiger partial charge in [-0.25, -0.2) is 13.8 Å². The van der Waals surface area contributed by atoms with Gasteiger partial charge in [0.05, 0.1) is 24.8 Å². The van der Waals surface area contributed by atoms with E-state index in [1.165, 1.54) is 16.4 Å². The lowest BCUT2D eigenvalue weighted by molar-refractivity contribution is 0.0954. The number of nitrogens with zero attached hydrogens (tertiary/aromatic N) is 2. The lowest BCUT2D eigenvalue weighted by Crippen LogP contribution is -2.28. The molecule has 0 spiro atoms. The molecular formula is C21H25N3O5S. The summed E-state index contributed by atoms with van der Waals surface area (Å²) in [5.74, 6) is 0.651. The van der Waals surface area contributed by atoms with Crippen molar-refractivity contribution in [2.24, 2.45) is 5.10 Å². The third kappa shape index (κ3) is 4.63. The molecule has 0 radical (unpaired) electrons. The lowest BCUT2D eigenvalue weighted by atomic mass is 10.1. The Balaban J connectivity index is 1.76. The van der Waals surface area contributed by atoms with Crippen LogP contribution in [-0.2, 0) is 10.0 Å². The minimum Gasteiger partial charge on any atom is -0.493 e. The van der Waals surface area contributed by atoms with Crippen molar-refractivity contribution in [1.82, 2.24) is 9.73 Å². The van der Waals surface area contributed by atoms with E-state index in [9.17, 15) is 13.2 Å². The summed E-state index contributed by atoms with van der Waals surface area (Å²) in [5.41, 5.74) is 4.01. The van der Waals surface area contributed by atoms with Crippen molar-refractivity contribution < 1.29 is 22.7 Å². The maximum absolute atomic E-state index is 12.7. The van der Waals surface area contributed by atoms with E-state index in [-0.39, 0.29) is 10.5 Å². The zero-order valence-electron chi connectivity index (χ0n) is 17.2. The minimum atomic E-state index is -3.59. The normalized spacial score (nSPS) is 15.1. The van der Waals surface area contributed by atoms with Crippen molar-refractivity contribution in [1.29, 1.82) is 0 Å². The standard InChI is InChI=1S/C21H25N3O5S/c1-15(16-9-10-19(28-2)20(14-16)29-3)22-23-21(25)17-7-6-8-18(13-17)30(26,27)24-11-4-5-12-24/h6-10,13-14H,4-5,11-12H2,1-3H3,(H,23,25)/b22-15+. The first-order valence-electron chi connectivity index (χ1n) is 9.54. The number of sulfonamides is 1. The van der Waals surface area contributed by atoms with Crippen molar-refractivity contribution in [3.05, 3.63) is 53.6 Å². The average molecular weight is 432 g/mol. The summed E-state index contributed by atoms with van der Waals surface area (Å²) in [5, 5.41) is 4.13. The van der Waals surface area contributed by atoms with Gasteiger partial charge in [0.1, 0.15) is 0 Å². The molecule has 1 saturated heterocycles. The maximum Gasteiger partial charge on any atom is 0.271 e. The zero-order chi connectivity index (χ0) is 21.7. The van der Waals surface area contributed by atoms with Crippen molar-refractivity contribution in [3.63, 3.8) is 0 Å². The Hall–Kier alpha value is -2.91. The van der Waals surface area contributed by atoms with Gasteiger partial charge in [-0.15, -0.1) is 0 Å². The van der Waals surface area contributed by atoms with Crippen LogP contribution < -0.4 is 14.9 Å². The summed E-state index contributed by atoms with van der Waals surface area (Å²) in [4.78, 5) is 12.6. The highest BCUT2D eigenvalue weighted by Crippen LogP contribution is 2.27. The van der Waals surface area contributed by atoms with Gasteiger partial charge in [0.2, 0.25) is 10.0 Å². The molecule has 160 valence electrons. The Kier molecular flexibility index (Phi) is 6.73. The van der Waals surface area contributed by atoms with Gasteiger partial charge >= 0.3 is 0 Å². The molecule has 0 aromatic heterocycles. The number of hydrogen-bond donors (Lipinski definition) is 1. The second kappa shape index (κ2) is 9.27. The van der Waals surface area contributed by atoms with E-state index in [4.69, 9.17) is 9.47 Å². The molecule has 30 heavy (non-hydrogen) atoms. The van der Waals surface area contributed by atoms with E-state index in [0.29, 0.717) is 30.3 Å². The predicted molar refractivity (Wildman–Crippen MR) is 114 cm³/mol. The molecule has 2 aromatic carbocycles. The number of nitrogens with one attached hydrogen (secondary N) is 1. The zero-order valence-corrected chi connectivity index (χ0v) is 18.0. The van der Waals surface area contributed by atoms with Crippen molar-refractivity contribution in [2.45, 2.75) is 24.7 Å². The lowest BCUT2D eigenvalue weighted by Gasteiger charge is -2.15. The van der Waals surface area contributed by atoms with E-state index >= 15 is 0 Å². The van der Waals surface area contributed by atoms with Crippen molar-refractivity contribution in [2.75, 3.05) is 27.3 Å². The molecule has 0 saturated carbocycles. The Morgan fingerprint density at radius 1 is 1.00 bits per heavy atom. The summed E-state index contributed by atoms with van der Waals surface area (Å²) in [7, 11) is -0.498. The van der Waals surface area contributed by atoms with Crippen LogP contribution in [0.2, 0.25) is 0 Å². The fourth-order valence-electron chi connectivity index (χ4n) is 3.20. The first kappa shape index (κ1) is 21.8. The first-order chi connectivity index (χ1) is 14.4. The monoisotopic (exact) mass is 431 g/mol. The Morgan fingerprint density at radius 2 is 1.70 bits per heavy atom. The van der Waals surface area contributed by atoms with Crippen LogP contribution in [0.5, 0.6) is 11.5 Å². The Bertz CT molecular complexity index is 1060. The fourth-order valence-corrected chi connectivity index (χ4v) is 4.76. The maximum atomic E-state index is 12.7. The summed E-state index contributed by atoms with van der Waals surface area (Å²) < 4.78 is 37.4. The van der Waals surface area contributed by atoms with Crippen molar-refractivity contribution >= 4 is 21.6 Å². The molecule has 0 aliphatic carbocycles. The molecule has 8 nitrogen and oxygen atoms in total. The average Bonchev–Trinajstić information content (AvgIpc) is 3.32. The summed E-state index contributed by atoms with van der Waals surface area (Å²) >= 11 is 0. The predicted octanol–water partition coefficient (Wildman–Crippen LogP) is 2.64. The quantitative estimate of drug-likeness (QED) is 0.537.